The van der Waals surface area contributed by atoms with Gasteiger partial charge in [0.05, 0.1) is 5.69 Å². The summed E-state index contributed by atoms with van der Waals surface area (Å²) in [5.41, 5.74) is 6.31. The van der Waals surface area contributed by atoms with E-state index in [1.807, 2.05) is 6.92 Å². The molecule has 0 radical (unpaired) electrons. The van der Waals surface area contributed by atoms with Crippen molar-refractivity contribution in [1.29, 1.82) is 0 Å². The van der Waals surface area contributed by atoms with E-state index in [0.717, 1.165) is 25.8 Å². The van der Waals surface area contributed by atoms with Crippen LogP contribution in [0.25, 0.3) is 0 Å². The number of nitrogens with zero attached hydrogens (tertiary/aromatic N) is 2. The van der Waals surface area contributed by atoms with E-state index in [0.29, 0.717) is 29.9 Å². The molecule has 1 fully saturated rings. The van der Waals surface area contributed by atoms with Crippen molar-refractivity contribution in [3.05, 3.63) is 17.8 Å². The second-order valence-corrected chi connectivity index (χ2v) is 4.66. The highest BCUT2D eigenvalue weighted by atomic mass is 19.1. The van der Waals surface area contributed by atoms with Crippen LogP contribution in [0.4, 0.5) is 10.2 Å². The topological polar surface area (TPSA) is 63.8 Å². The zero-order chi connectivity index (χ0) is 12.3. The van der Waals surface area contributed by atoms with Crippen molar-refractivity contribution in [2.75, 3.05) is 11.9 Å². The Morgan fingerprint density at radius 2 is 2.29 bits per heavy atom. The van der Waals surface area contributed by atoms with Crippen molar-refractivity contribution in [1.82, 2.24) is 9.97 Å². The number of aromatic nitrogens is 2. The Balaban J connectivity index is 1.95. The highest BCUT2D eigenvalue weighted by Gasteiger charge is 2.22. The molecule has 2 unspecified atom stereocenters. The lowest BCUT2D eigenvalue weighted by Crippen LogP contribution is -2.18. The second-order valence-electron chi connectivity index (χ2n) is 4.66. The first-order valence-corrected chi connectivity index (χ1v) is 6.19. The molecule has 1 aliphatic carbocycles. The fourth-order valence-electron chi connectivity index (χ4n) is 2.32. The summed E-state index contributed by atoms with van der Waals surface area (Å²) < 4.78 is 13.8. The molecule has 1 saturated carbocycles. The Bertz CT molecular complexity index is 383. The monoisotopic (exact) mass is 238 g/mol. The van der Waals surface area contributed by atoms with Gasteiger partial charge in [0.1, 0.15) is 6.33 Å². The molecule has 94 valence electrons. The summed E-state index contributed by atoms with van der Waals surface area (Å²) in [7, 11) is 0. The van der Waals surface area contributed by atoms with E-state index < -0.39 is 0 Å². The average Bonchev–Trinajstić information content (AvgIpc) is 2.74. The van der Waals surface area contributed by atoms with Gasteiger partial charge in [0.15, 0.2) is 11.6 Å². The van der Waals surface area contributed by atoms with Gasteiger partial charge in [-0.1, -0.05) is 6.92 Å². The van der Waals surface area contributed by atoms with Crippen molar-refractivity contribution in [3.8, 4) is 0 Å². The zero-order valence-electron chi connectivity index (χ0n) is 10.1. The van der Waals surface area contributed by atoms with E-state index in [2.05, 4.69) is 15.3 Å². The molecule has 0 bridgehead atoms. The lowest BCUT2D eigenvalue weighted by molar-refractivity contribution is 0.555. The number of hydrogen-bond acceptors (Lipinski definition) is 4. The molecule has 4 nitrogen and oxygen atoms in total. The van der Waals surface area contributed by atoms with Crippen LogP contribution in [0.2, 0.25) is 0 Å². The fraction of sp³-hybridized carbons (Fsp3) is 0.667. The van der Waals surface area contributed by atoms with E-state index in [-0.39, 0.29) is 5.82 Å². The molecule has 1 heterocycles. The molecular formula is C12H19FN4. The summed E-state index contributed by atoms with van der Waals surface area (Å²) in [5.74, 6) is 0.527. The summed E-state index contributed by atoms with van der Waals surface area (Å²) in [6.07, 6.45) is 5.18. The van der Waals surface area contributed by atoms with E-state index in [1.165, 1.54) is 6.33 Å². The second kappa shape index (κ2) is 5.40. The summed E-state index contributed by atoms with van der Waals surface area (Å²) in [6.45, 7) is 2.62. The van der Waals surface area contributed by atoms with E-state index >= 15 is 0 Å². The van der Waals surface area contributed by atoms with Crippen LogP contribution >= 0.6 is 0 Å². The molecule has 0 aromatic carbocycles. The zero-order valence-corrected chi connectivity index (χ0v) is 10.1. The van der Waals surface area contributed by atoms with Crippen molar-refractivity contribution < 1.29 is 4.39 Å². The SMILES string of the molecule is CCc1ncnc(NCC2CCC(N)C2)c1F. The summed E-state index contributed by atoms with van der Waals surface area (Å²) in [4.78, 5) is 7.84. The quantitative estimate of drug-likeness (QED) is 0.838. The number of anilines is 1. The van der Waals surface area contributed by atoms with Gasteiger partial charge in [-0.15, -0.1) is 0 Å². The number of hydrogen-bond donors (Lipinski definition) is 2. The maximum atomic E-state index is 13.8. The standard InChI is InChI=1S/C12H19FN4/c1-2-10-11(13)12(17-7-16-10)15-6-8-3-4-9(14)5-8/h7-9H,2-6,14H2,1H3,(H,15,16,17). The van der Waals surface area contributed by atoms with Crippen molar-refractivity contribution in [2.24, 2.45) is 11.7 Å². The molecule has 5 heteroatoms. The number of rotatable bonds is 4. The molecule has 17 heavy (non-hydrogen) atoms. The van der Waals surface area contributed by atoms with Crippen LogP contribution in [0, 0.1) is 11.7 Å². The number of halogens is 1. The Morgan fingerprint density at radius 3 is 2.94 bits per heavy atom. The first-order chi connectivity index (χ1) is 8.20. The van der Waals surface area contributed by atoms with Crippen LogP contribution in [-0.2, 0) is 6.42 Å². The predicted octanol–water partition coefficient (Wildman–Crippen LogP) is 1.72. The molecule has 0 aliphatic heterocycles. The summed E-state index contributed by atoms with van der Waals surface area (Å²) >= 11 is 0. The molecule has 2 rings (SSSR count). The van der Waals surface area contributed by atoms with Gasteiger partial charge in [0.2, 0.25) is 0 Å². The van der Waals surface area contributed by atoms with E-state index in [1.54, 1.807) is 0 Å². The Labute approximate surface area is 101 Å². The Hall–Kier alpha value is -1.23. The van der Waals surface area contributed by atoms with Crippen molar-refractivity contribution in [2.45, 2.75) is 38.6 Å². The van der Waals surface area contributed by atoms with Gasteiger partial charge in [-0.2, -0.15) is 0 Å². The average molecular weight is 238 g/mol. The van der Waals surface area contributed by atoms with Crippen molar-refractivity contribution >= 4 is 5.82 Å². The van der Waals surface area contributed by atoms with Gasteiger partial charge in [-0.3, -0.25) is 0 Å². The van der Waals surface area contributed by atoms with Gasteiger partial charge in [-0.05, 0) is 31.6 Å². The van der Waals surface area contributed by atoms with Gasteiger partial charge >= 0.3 is 0 Å². The van der Waals surface area contributed by atoms with Crippen LogP contribution in [-0.4, -0.2) is 22.6 Å². The van der Waals surface area contributed by atoms with Crippen LogP contribution in [0.5, 0.6) is 0 Å². The molecule has 1 aromatic rings. The Morgan fingerprint density at radius 1 is 1.47 bits per heavy atom. The first kappa shape index (κ1) is 12.2. The van der Waals surface area contributed by atoms with Gasteiger partial charge in [0.25, 0.3) is 0 Å². The molecule has 2 atom stereocenters. The number of nitrogens with one attached hydrogen (secondary N) is 1. The molecule has 3 N–H and O–H groups in total. The maximum absolute atomic E-state index is 13.8. The third kappa shape index (κ3) is 2.91. The lowest BCUT2D eigenvalue weighted by Gasteiger charge is -2.12. The minimum atomic E-state index is -0.322. The van der Waals surface area contributed by atoms with E-state index in [4.69, 9.17) is 5.73 Å². The first-order valence-electron chi connectivity index (χ1n) is 6.19. The third-order valence-corrected chi connectivity index (χ3v) is 3.34. The lowest BCUT2D eigenvalue weighted by atomic mass is 10.1. The fourth-order valence-corrected chi connectivity index (χ4v) is 2.32. The van der Waals surface area contributed by atoms with Gasteiger partial charge < -0.3 is 11.1 Å². The van der Waals surface area contributed by atoms with Gasteiger partial charge in [0, 0.05) is 12.6 Å². The number of nitrogens with two attached hydrogens (primary N) is 1. The molecule has 1 aromatic heterocycles. The minimum Gasteiger partial charge on any atom is -0.367 e. The largest absolute Gasteiger partial charge is 0.367 e. The van der Waals surface area contributed by atoms with Crippen LogP contribution in [0.15, 0.2) is 6.33 Å². The number of aryl methyl sites for hydroxylation is 1. The predicted molar refractivity (Wildman–Crippen MR) is 65.2 cm³/mol. The molecule has 0 saturated heterocycles. The maximum Gasteiger partial charge on any atom is 0.186 e. The Kier molecular flexibility index (Phi) is 3.89. The summed E-state index contributed by atoms with van der Waals surface area (Å²) in [6, 6.07) is 0.309. The van der Waals surface area contributed by atoms with Gasteiger partial charge in [-0.25, -0.2) is 14.4 Å². The normalized spacial score (nSPS) is 23.9. The van der Waals surface area contributed by atoms with Crippen LogP contribution in [0.3, 0.4) is 0 Å². The molecular weight excluding hydrogens is 219 g/mol. The highest BCUT2D eigenvalue weighted by Crippen LogP contribution is 2.24. The molecule has 0 amide bonds. The smallest absolute Gasteiger partial charge is 0.186 e. The van der Waals surface area contributed by atoms with E-state index in [9.17, 15) is 4.39 Å². The van der Waals surface area contributed by atoms with Crippen molar-refractivity contribution in [3.63, 3.8) is 0 Å². The molecule has 1 aliphatic rings. The minimum absolute atomic E-state index is 0.309. The van der Waals surface area contributed by atoms with Crippen LogP contribution < -0.4 is 11.1 Å². The molecule has 0 spiro atoms. The third-order valence-electron chi connectivity index (χ3n) is 3.34. The van der Waals surface area contributed by atoms with Crippen LogP contribution in [0.1, 0.15) is 31.9 Å². The highest BCUT2D eigenvalue weighted by molar-refractivity contribution is 5.37. The summed E-state index contributed by atoms with van der Waals surface area (Å²) in [5, 5.41) is 3.07.